The van der Waals surface area contributed by atoms with Crippen LogP contribution in [0.3, 0.4) is 0 Å². The zero-order valence-corrected chi connectivity index (χ0v) is 15.8. The van der Waals surface area contributed by atoms with Crippen LogP contribution in [-0.2, 0) is 6.42 Å². The predicted molar refractivity (Wildman–Crippen MR) is 102 cm³/mol. The molecule has 1 aliphatic rings. The molecule has 27 heavy (non-hydrogen) atoms. The van der Waals surface area contributed by atoms with E-state index in [1.54, 1.807) is 23.1 Å². The van der Waals surface area contributed by atoms with Gasteiger partial charge in [0.1, 0.15) is 17.1 Å². The van der Waals surface area contributed by atoms with E-state index in [0.29, 0.717) is 25.4 Å². The van der Waals surface area contributed by atoms with Crippen LogP contribution in [0.4, 0.5) is 4.39 Å². The van der Waals surface area contributed by atoms with Gasteiger partial charge in [-0.15, -0.1) is 0 Å². The Balaban J connectivity index is 1.65. The maximum absolute atomic E-state index is 13.0. The minimum atomic E-state index is -0.327. The van der Waals surface area contributed by atoms with Crippen molar-refractivity contribution in [3.05, 3.63) is 63.3 Å². The molecule has 0 bridgehead atoms. The van der Waals surface area contributed by atoms with Crippen LogP contribution in [0.15, 0.2) is 35.1 Å². The Labute approximate surface area is 158 Å². The molecule has 1 saturated heterocycles. The summed E-state index contributed by atoms with van der Waals surface area (Å²) in [5, 5.41) is 0. The topological polar surface area (TPSA) is 62.4 Å². The second-order valence-corrected chi connectivity index (χ2v) is 7.05. The van der Waals surface area contributed by atoms with Gasteiger partial charge in [-0.1, -0.05) is 6.92 Å². The number of nitrogens with one attached hydrogen (secondary N) is 1. The van der Waals surface area contributed by atoms with Crippen LogP contribution >= 0.6 is 0 Å². The van der Waals surface area contributed by atoms with E-state index in [0.717, 1.165) is 30.5 Å². The average molecular weight is 372 g/mol. The summed E-state index contributed by atoms with van der Waals surface area (Å²) in [4.78, 5) is 29.7. The highest BCUT2D eigenvalue weighted by atomic mass is 19.1. The minimum absolute atomic E-state index is 0.183. The number of benzene rings is 1. The number of hydrogen-bond acceptors (Lipinski definition) is 3. The molecule has 1 atom stereocenters. The number of carbonyl (C=O) groups is 1. The Kier molecular flexibility index (Phi) is 5.94. The van der Waals surface area contributed by atoms with Gasteiger partial charge >= 0.3 is 0 Å². The molecule has 0 unspecified atom stereocenters. The summed E-state index contributed by atoms with van der Waals surface area (Å²) in [6.45, 7) is 5.52. The Hall–Kier alpha value is -2.63. The number of likely N-dealkylation sites (tertiary alicyclic amines) is 1. The molecule has 1 aromatic carbocycles. The quantitative estimate of drug-likeness (QED) is 0.876. The number of amides is 1. The van der Waals surface area contributed by atoms with Crippen molar-refractivity contribution in [3.8, 4) is 5.75 Å². The summed E-state index contributed by atoms with van der Waals surface area (Å²) in [5.41, 5.74) is 1.66. The third-order valence-corrected chi connectivity index (χ3v) is 5.04. The largest absolute Gasteiger partial charge is 0.493 e. The molecular formula is C21H25FN2O3. The Morgan fingerprint density at radius 3 is 2.78 bits per heavy atom. The van der Waals surface area contributed by atoms with E-state index >= 15 is 0 Å². The highest BCUT2D eigenvalue weighted by molar-refractivity contribution is 5.94. The van der Waals surface area contributed by atoms with Gasteiger partial charge in [0, 0.05) is 24.7 Å². The second kappa shape index (κ2) is 8.37. The summed E-state index contributed by atoms with van der Waals surface area (Å²) in [6.07, 6.45) is 2.55. The predicted octanol–water partition coefficient (Wildman–Crippen LogP) is 3.32. The first kappa shape index (κ1) is 19.1. The molecule has 1 fully saturated rings. The monoisotopic (exact) mass is 372 g/mol. The number of nitrogens with zero attached hydrogens (tertiary/aromatic N) is 1. The summed E-state index contributed by atoms with van der Waals surface area (Å²) in [7, 11) is 0. The minimum Gasteiger partial charge on any atom is -0.493 e. The van der Waals surface area contributed by atoms with E-state index in [1.165, 1.54) is 12.1 Å². The van der Waals surface area contributed by atoms with Crippen LogP contribution in [0.1, 0.15) is 41.4 Å². The summed E-state index contributed by atoms with van der Waals surface area (Å²) in [6, 6.07) is 7.61. The third-order valence-electron chi connectivity index (χ3n) is 5.04. The van der Waals surface area contributed by atoms with E-state index in [1.807, 2.05) is 13.8 Å². The lowest BCUT2D eigenvalue weighted by atomic mass is 9.98. The number of carbonyl (C=O) groups excluding carboxylic acids is 1. The molecule has 3 rings (SSSR count). The number of aryl methyl sites for hydroxylation is 2. The van der Waals surface area contributed by atoms with Crippen molar-refractivity contribution in [2.75, 3.05) is 19.7 Å². The average Bonchev–Trinajstić information content (AvgIpc) is 2.68. The van der Waals surface area contributed by atoms with Crippen molar-refractivity contribution >= 4 is 5.91 Å². The molecule has 144 valence electrons. The first-order chi connectivity index (χ1) is 13.0. The number of hydrogen-bond donors (Lipinski definition) is 1. The fraction of sp³-hybridized carbons (Fsp3) is 0.429. The molecule has 1 amide bonds. The third kappa shape index (κ3) is 4.56. The van der Waals surface area contributed by atoms with Gasteiger partial charge in [-0.05, 0) is 62.1 Å². The first-order valence-corrected chi connectivity index (χ1v) is 9.38. The Morgan fingerprint density at radius 2 is 2.07 bits per heavy atom. The van der Waals surface area contributed by atoms with Crippen molar-refractivity contribution in [1.29, 1.82) is 0 Å². The van der Waals surface area contributed by atoms with E-state index in [2.05, 4.69) is 4.98 Å². The van der Waals surface area contributed by atoms with Gasteiger partial charge in [0.25, 0.3) is 11.5 Å². The van der Waals surface area contributed by atoms with Crippen molar-refractivity contribution < 1.29 is 13.9 Å². The standard InChI is InChI=1S/C21H25FN2O3/c1-3-19-14(2)11-18(20(25)23-19)21(26)24-10-4-5-15(12-24)13-27-17-8-6-16(22)7-9-17/h6-9,11,15H,3-5,10,12-13H2,1-2H3,(H,23,25)/t15-/m0/s1. The van der Waals surface area contributed by atoms with E-state index in [9.17, 15) is 14.0 Å². The van der Waals surface area contributed by atoms with Crippen LogP contribution < -0.4 is 10.3 Å². The number of piperidine rings is 1. The lowest BCUT2D eigenvalue weighted by Crippen LogP contribution is -2.43. The molecule has 0 radical (unpaired) electrons. The van der Waals surface area contributed by atoms with E-state index < -0.39 is 0 Å². The zero-order valence-electron chi connectivity index (χ0n) is 15.8. The van der Waals surface area contributed by atoms with Crippen molar-refractivity contribution in [2.24, 2.45) is 5.92 Å². The molecule has 2 aromatic rings. The van der Waals surface area contributed by atoms with Gasteiger partial charge in [0.2, 0.25) is 0 Å². The number of ether oxygens (including phenoxy) is 1. The fourth-order valence-electron chi connectivity index (χ4n) is 3.50. The number of H-pyrrole nitrogens is 1. The second-order valence-electron chi connectivity index (χ2n) is 7.05. The smallest absolute Gasteiger partial charge is 0.261 e. The molecule has 1 N–H and O–H groups in total. The van der Waals surface area contributed by atoms with E-state index in [-0.39, 0.29) is 28.8 Å². The lowest BCUT2D eigenvalue weighted by Gasteiger charge is -2.32. The van der Waals surface area contributed by atoms with Gasteiger partial charge in [0.15, 0.2) is 0 Å². The lowest BCUT2D eigenvalue weighted by molar-refractivity contribution is 0.0631. The SMILES string of the molecule is CCc1[nH]c(=O)c(C(=O)N2CCC[C@H](COc3ccc(F)cc3)C2)cc1C. The molecular weight excluding hydrogens is 347 g/mol. The molecule has 2 heterocycles. The molecule has 5 nitrogen and oxygen atoms in total. The fourth-order valence-corrected chi connectivity index (χ4v) is 3.50. The van der Waals surface area contributed by atoms with Crippen LogP contribution in [0.5, 0.6) is 5.75 Å². The van der Waals surface area contributed by atoms with Crippen LogP contribution in [0.2, 0.25) is 0 Å². The Bertz CT molecular complexity index is 861. The van der Waals surface area contributed by atoms with Crippen molar-refractivity contribution in [3.63, 3.8) is 0 Å². The maximum atomic E-state index is 13.0. The zero-order chi connectivity index (χ0) is 19.4. The highest BCUT2D eigenvalue weighted by Gasteiger charge is 2.26. The van der Waals surface area contributed by atoms with Crippen LogP contribution in [0.25, 0.3) is 0 Å². The molecule has 0 saturated carbocycles. The molecule has 1 aliphatic heterocycles. The van der Waals surface area contributed by atoms with Crippen molar-refractivity contribution in [1.82, 2.24) is 9.88 Å². The number of aromatic nitrogens is 1. The summed E-state index contributed by atoms with van der Waals surface area (Å²) in [5.74, 6) is 0.268. The first-order valence-electron chi connectivity index (χ1n) is 9.38. The van der Waals surface area contributed by atoms with Gasteiger partial charge in [-0.25, -0.2) is 4.39 Å². The van der Waals surface area contributed by atoms with Gasteiger partial charge in [0.05, 0.1) is 6.61 Å². The van der Waals surface area contributed by atoms with Gasteiger partial charge in [-0.3, -0.25) is 9.59 Å². The van der Waals surface area contributed by atoms with Gasteiger partial charge < -0.3 is 14.6 Å². The number of rotatable bonds is 5. The van der Waals surface area contributed by atoms with Gasteiger partial charge in [-0.2, -0.15) is 0 Å². The molecule has 1 aromatic heterocycles. The van der Waals surface area contributed by atoms with E-state index in [4.69, 9.17) is 4.74 Å². The molecule has 0 spiro atoms. The number of pyridine rings is 1. The summed E-state index contributed by atoms with van der Waals surface area (Å²) >= 11 is 0. The van der Waals surface area contributed by atoms with Crippen LogP contribution in [0, 0.1) is 18.7 Å². The Morgan fingerprint density at radius 1 is 1.33 bits per heavy atom. The molecule has 6 heteroatoms. The highest BCUT2D eigenvalue weighted by Crippen LogP contribution is 2.20. The molecule has 0 aliphatic carbocycles. The normalized spacial score (nSPS) is 17.0. The summed E-state index contributed by atoms with van der Waals surface area (Å²) < 4.78 is 18.7. The van der Waals surface area contributed by atoms with Crippen molar-refractivity contribution in [2.45, 2.75) is 33.1 Å². The van der Waals surface area contributed by atoms with Crippen LogP contribution in [-0.4, -0.2) is 35.5 Å². The maximum Gasteiger partial charge on any atom is 0.261 e. The number of aromatic amines is 1. The number of halogens is 1.